The van der Waals surface area contributed by atoms with Gasteiger partial charge in [0.15, 0.2) is 0 Å². The van der Waals surface area contributed by atoms with E-state index in [2.05, 4.69) is 5.32 Å². The zero-order valence-electron chi connectivity index (χ0n) is 20.0. The molecule has 0 bridgehead atoms. The third-order valence-electron chi connectivity index (χ3n) is 5.61. The van der Waals surface area contributed by atoms with E-state index in [9.17, 15) is 14.9 Å². The van der Waals surface area contributed by atoms with Crippen LogP contribution in [0.4, 0.5) is 5.69 Å². The maximum atomic E-state index is 12.8. The fourth-order valence-electron chi connectivity index (χ4n) is 3.94. The number of nitriles is 1. The van der Waals surface area contributed by atoms with Crippen LogP contribution in [0.5, 0.6) is 5.75 Å². The number of fused-ring (bicyclic) bond motifs is 1. The van der Waals surface area contributed by atoms with Crippen molar-refractivity contribution in [2.75, 3.05) is 19.0 Å². The van der Waals surface area contributed by atoms with Crippen LogP contribution in [0.2, 0.25) is 0 Å². The topological polar surface area (TPSA) is 93.4 Å². The summed E-state index contributed by atoms with van der Waals surface area (Å²) in [5.41, 5.74) is 3.63. The van der Waals surface area contributed by atoms with E-state index < -0.39 is 11.9 Å². The predicted octanol–water partition coefficient (Wildman–Crippen LogP) is 5.42. The van der Waals surface area contributed by atoms with E-state index in [4.69, 9.17) is 9.47 Å². The van der Waals surface area contributed by atoms with Crippen LogP contribution in [-0.4, -0.2) is 30.2 Å². The molecule has 3 aromatic carbocycles. The second-order valence-corrected chi connectivity index (χ2v) is 8.00. The Morgan fingerprint density at radius 1 is 1.06 bits per heavy atom. The van der Waals surface area contributed by atoms with Gasteiger partial charge in [-0.15, -0.1) is 0 Å². The first-order valence-corrected chi connectivity index (χ1v) is 11.4. The number of esters is 1. The smallest absolute Gasteiger partial charge is 0.337 e. The van der Waals surface area contributed by atoms with Gasteiger partial charge in [-0.05, 0) is 61.0 Å². The molecule has 1 heterocycles. The normalized spacial score (nSPS) is 11.1. The number of methoxy groups -OCH3 is 1. The highest BCUT2D eigenvalue weighted by Gasteiger charge is 2.14. The summed E-state index contributed by atoms with van der Waals surface area (Å²) in [5.74, 6) is -0.184. The Morgan fingerprint density at radius 2 is 1.83 bits per heavy atom. The van der Waals surface area contributed by atoms with Crippen LogP contribution in [0.3, 0.4) is 0 Å². The number of carbonyl (C=O) groups is 2. The van der Waals surface area contributed by atoms with Crippen molar-refractivity contribution in [3.8, 4) is 11.8 Å². The minimum Gasteiger partial charge on any atom is -0.494 e. The Bertz CT molecular complexity index is 1480. The SMILES string of the molecule is CCOc1ccc(NC(=O)C(C#N)=Cc2cn(Cc3cccc(C(=O)OC)c3)c3ccccc23)cc1. The van der Waals surface area contributed by atoms with Crippen molar-refractivity contribution in [3.63, 3.8) is 0 Å². The van der Waals surface area contributed by atoms with Crippen LogP contribution in [0.1, 0.15) is 28.4 Å². The molecular weight excluding hydrogens is 454 g/mol. The number of para-hydroxylation sites is 1. The van der Waals surface area contributed by atoms with Gasteiger partial charge in [0.05, 0.1) is 19.3 Å². The maximum absolute atomic E-state index is 12.8. The van der Waals surface area contributed by atoms with Crippen molar-refractivity contribution in [1.82, 2.24) is 4.57 Å². The van der Waals surface area contributed by atoms with Gasteiger partial charge in [0.1, 0.15) is 17.4 Å². The number of hydrogen-bond donors (Lipinski definition) is 1. The van der Waals surface area contributed by atoms with Gasteiger partial charge in [0.2, 0.25) is 0 Å². The average Bonchev–Trinajstić information content (AvgIpc) is 3.25. The summed E-state index contributed by atoms with van der Waals surface area (Å²) in [4.78, 5) is 24.8. The molecule has 4 aromatic rings. The number of amides is 1. The number of benzene rings is 3. The summed E-state index contributed by atoms with van der Waals surface area (Å²) in [5, 5.41) is 13.4. The fourth-order valence-corrected chi connectivity index (χ4v) is 3.94. The van der Waals surface area contributed by atoms with Gasteiger partial charge in [0.25, 0.3) is 5.91 Å². The van der Waals surface area contributed by atoms with Gasteiger partial charge >= 0.3 is 5.97 Å². The minimum atomic E-state index is -0.496. The Balaban J connectivity index is 1.62. The number of carbonyl (C=O) groups excluding carboxylic acids is 2. The molecule has 0 aliphatic carbocycles. The second-order valence-electron chi connectivity index (χ2n) is 8.00. The number of anilines is 1. The fraction of sp³-hybridized carbons (Fsp3) is 0.138. The Morgan fingerprint density at radius 3 is 2.56 bits per heavy atom. The lowest BCUT2D eigenvalue weighted by Gasteiger charge is -2.07. The monoisotopic (exact) mass is 479 g/mol. The van der Waals surface area contributed by atoms with Crippen molar-refractivity contribution < 1.29 is 19.1 Å². The van der Waals surface area contributed by atoms with E-state index in [1.54, 1.807) is 42.5 Å². The Labute approximate surface area is 209 Å². The lowest BCUT2D eigenvalue weighted by atomic mass is 10.1. The highest BCUT2D eigenvalue weighted by molar-refractivity contribution is 6.10. The van der Waals surface area contributed by atoms with Crippen LogP contribution in [-0.2, 0) is 16.1 Å². The summed E-state index contributed by atoms with van der Waals surface area (Å²) in [6.07, 6.45) is 3.49. The largest absolute Gasteiger partial charge is 0.494 e. The Hall–Kier alpha value is -4.83. The highest BCUT2D eigenvalue weighted by atomic mass is 16.5. The highest BCUT2D eigenvalue weighted by Crippen LogP contribution is 2.25. The van der Waals surface area contributed by atoms with Crippen LogP contribution >= 0.6 is 0 Å². The zero-order chi connectivity index (χ0) is 25.5. The van der Waals surface area contributed by atoms with E-state index in [1.807, 2.05) is 60.2 Å². The molecule has 0 spiro atoms. The summed E-state index contributed by atoms with van der Waals surface area (Å²) < 4.78 is 12.3. The molecule has 0 saturated carbocycles. The molecular formula is C29H25N3O4. The molecule has 180 valence electrons. The third kappa shape index (κ3) is 5.45. The van der Waals surface area contributed by atoms with E-state index >= 15 is 0 Å². The molecule has 1 amide bonds. The van der Waals surface area contributed by atoms with Crippen molar-refractivity contribution in [1.29, 1.82) is 5.26 Å². The number of nitrogens with zero attached hydrogens (tertiary/aromatic N) is 2. The number of aromatic nitrogens is 1. The molecule has 0 aliphatic rings. The number of ether oxygens (including phenoxy) is 2. The molecule has 7 nitrogen and oxygen atoms in total. The van der Waals surface area contributed by atoms with E-state index in [0.29, 0.717) is 30.2 Å². The van der Waals surface area contributed by atoms with Crippen molar-refractivity contribution in [2.24, 2.45) is 0 Å². The first kappa shape index (κ1) is 24.3. The molecule has 0 fully saturated rings. The van der Waals surface area contributed by atoms with Crippen molar-refractivity contribution >= 4 is 34.5 Å². The predicted molar refractivity (Wildman–Crippen MR) is 139 cm³/mol. The van der Waals surface area contributed by atoms with Gasteiger partial charge in [-0.1, -0.05) is 30.3 Å². The summed E-state index contributed by atoms with van der Waals surface area (Å²) in [6.45, 7) is 2.95. The van der Waals surface area contributed by atoms with Gasteiger partial charge in [-0.3, -0.25) is 4.79 Å². The van der Waals surface area contributed by atoms with Gasteiger partial charge in [-0.25, -0.2) is 4.79 Å². The van der Waals surface area contributed by atoms with Gasteiger partial charge in [0, 0.05) is 34.9 Å². The van der Waals surface area contributed by atoms with E-state index in [1.165, 1.54) is 7.11 Å². The Kier molecular flexibility index (Phi) is 7.47. The lowest BCUT2D eigenvalue weighted by molar-refractivity contribution is -0.112. The summed E-state index contributed by atoms with van der Waals surface area (Å²) in [7, 11) is 1.35. The molecule has 1 N–H and O–H groups in total. The van der Waals surface area contributed by atoms with Gasteiger partial charge in [-0.2, -0.15) is 5.26 Å². The summed E-state index contributed by atoms with van der Waals surface area (Å²) in [6, 6.07) is 24.0. The van der Waals surface area contributed by atoms with Crippen LogP contribution < -0.4 is 10.1 Å². The third-order valence-corrected chi connectivity index (χ3v) is 5.61. The van der Waals surface area contributed by atoms with Crippen molar-refractivity contribution in [2.45, 2.75) is 13.5 Å². The quantitative estimate of drug-likeness (QED) is 0.207. The molecule has 36 heavy (non-hydrogen) atoms. The first-order chi connectivity index (χ1) is 17.5. The van der Waals surface area contributed by atoms with Crippen LogP contribution in [0.25, 0.3) is 17.0 Å². The molecule has 0 radical (unpaired) electrons. The average molecular weight is 480 g/mol. The van der Waals surface area contributed by atoms with E-state index in [-0.39, 0.29) is 5.57 Å². The van der Waals surface area contributed by atoms with E-state index in [0.717, 1.165) is 22.0 Å². The molecule has 0 unspecified atom stereocenters. The minimum absolute atomic E-state index is 0.0144. The molecule has 7 heteroatoms. The number of nitrogens with one attached hydrogen (secondary N) is 1. The molecule has 0 saturated heterocycles. The maximum Gasteiger partial charge on any atom is 0.337 e. The van der Waals surface area contributed by atoms with Crippen molar-refractivity contribution in [3.05, 3.63) is 101 Å². The molecule has 0 aliphatic heterocycles. The number of rotatable bonds is 8. The zero-order valence-corrected chi connectivity index (χ0v) is 20.0. The van der Waals surface area contributed by atoms with Gasteiger partial charge < -0.3 is 19.4 Å². The van der Waals surface area contributed by atoms with Crippen LogP contribution in [0, 0.1) is 11.3 Å². The van der Waals surface area contributed by atoms with Crippen LogP contribution in [0.15, 0.2) is 84.6 Å². The molecule has 1 aromatic heterocycles. The standard InChI is InChI=1S/C29H25N3O4/c1-3-36-25-13-11-24(12-14-25)31-28(33)22(17-30)16-23-19-32(27-10-5-4-9-26(23)27)18-20-7-6-8-21(15-20)29(34)35-2/h4-16,19H,3,18H2,1-2H3,(H,31,33). The summed E-state index contributed by atoms with van der Waals surface area (Å²) >= 11 is 0. The molecule has 0 atom stereocenters. The molecule has 4 rings (SSSR count). The lowest BCUT2D eigenvalue weighted by Crippen LogP contribution is -2.13. The number of hydrogen-bond acceptors (Lipinski definition) is 5. The first-order valence-electron chi connectivity index (χ1n) is 11.4. The second kappa shape index (κ2) is 11.1.